The number of benzene rings is 1. The highest BCUT2D eigenvalue weighted by molar-refractivity contribution is 5.21. The third-order valence-electron chi connectivity index (χ3n) is 4.63. The zero-order chi connectivity index (χ0) is 14.7. The van der Waals surface area contributed by atoms with Crippen LogP contribution in [-0.4, -0.2) is 6.04 Å². The first-order chi connectivity index (χ1) is 9.47. The van der Waals surface area contributed by atoms with Crippen LogP contribution in [-0.2, 0) is 0 Å². The van der Waals surface area contributed by atoms with Gasteiger partial charge in [-0.1, -0.05) is 19.9 Å². The van der Waals surface area contributed by atoms with E-state index in [1.165, 1.54) is 18.9 Å². The van der Waals surface area contributed by atoms with Gasteiger partial charge in [-0.05, 0) is 50.5 Å². The van der Waals surface area contributed by atoms with Crippen LogP contribution in [0.2, 0.25) is 0 Å². The second-order valence-corrected chi connectivity index (χ2v) is 6.41. The molecule has 1 aromatic rings. The van der Waals surface area contributed by atoms with Crippen molar-refractivity contribution in [3.05, 3.63) is 35.4 Å². The van der Waals surface area contributed by atoms with Gasteiger partial charge in [-0.25, -0.2) is 8.78 Å². The number of rotatable bonds is 4. The van der Waals surface area contributed by atoms with Crippen molar-refractivity contribution in [3.8, 4) is 0 Å². The van der Waals surface area contributed by atoms with Crippen LogP contribution in [0, 0.1) is 23.5 Å². The van der Waals surface area contributed by atoms with Gasteiger partial charge in [-0.15, -0.1) is 0 Å². The van der Waals surface area contributed by atoms with Gasteiger partial charge < -0.3 is 5.32 Å². The molecule has 1 N–H and O–H groups in total. The average Bonchev–Trinajstić information content (AvgIpc) is 2.39. The van der Waals surface area contributed by atoms with Crippen molar-refractivity contribution in [3.63, 3.8) is 0 Å². The minimum Gasteiger partial charge on any atom is -0.307 e. The predicted octanol–water partition coefficient (Wildman–Crippen LogP) is 4.83. The highest BCUT2D eigenvalue weighted by atomic mass is 19.1. The molecule has 1 aliphatic carbocycles. The molecule has 20 heavy (non-hydrogen) atoms. The van der Waals surface area contributed by atoms with Crippen LogP contribution in [0.3, 0.4) is 0 Å². The molecule has 0 saturated heterocycles. The van der Waals surface area contributed by atoms with Gasteiger partial charge in [0, 0.05) is 23.7 Å². The highest BCUT2D eigenvalue weighted by Gasteiger charge is 2.24. The van der Waals surface area contributed by atoms with Gasteiger partial charge in [-0.3, -0.25) is 0 Å². The second-order valence-electron chi connectivity index (χ2n) is 6.41. The van der Waals surface area contributed by atoms with Gasteiger partial charge in [0.25, 0.3) is 0 Å². The average molecular weight is 281 g/mol. The lowest BCUT2D eigenvalue weighted by Gasteiger charge is -2.33. The Morgan fingerprint density at radius 1 is 1.05 bits per heavy atom. The van der Waals surface area contributed by atoms with Crippen LogP contribution in [0.1, 0.15) is 58.1 Å². The van der Waals surface area contributed by atoms with Crippen LogP contribution in [0.4, 0.5) is 8.78 Å². The molecule has 1 aromatic carbocycles. The van der Waals surface area contributed by atoms with Gasteiger partial charge in [0.05, 0.1) is 0 Å². The monoisotopic (exact) mass is 281 g/mol. The molecule has 2 rings (SSSR count). The molecular weight excluding hydrogens is 256 g/mol. The SMILES string of the molecule is CC(NC1CCC(C(C)C)CC1)c1ccc(F)cc1F. The minimum absolute atomic E-state index is 0.0730. The molecule has 1 nitrogen and oxygen atoms in total. The molecule has 1 unspecified atom stereocenters. The highest BCUT2D eigenvalue weighted by Crippen LogP contribution is 2.31. The first-order valence-corrected chi connectivity index (χ1v) is 7.68. The lowest BCUT2D eigenvalue weighted by atomic mass is 9.79. The molecule has 0 amide bonds. The summed E-state index contributed by atoms with van der Waals surface area (Å²) in [5.74, 6) is 0.602. The second kappa shape index (κ2) is 6.66. The van der Waals surface area contributed by atoms with E-state index in [1.807, 2.05) is 6.92 Å². The lowest BCUT2D eigenvalue weighted by molar-refractivity contribution is 0.230. The fourth-order valence-corrected chi connectivity index (χ4v) is 3.25. The Morgan fingerprint density at radius 2 is 1.70 bits per heavy atom. The van der Waals surface area contributed by atoms with E-state index < -0.39 is 11.6 Å². The zero-order valence-electron chi connectivity index (χ0n) is 12.6. The quantitative estimate of drug-likeness (QED) is 0.833. The Bertz CT molecular complexity index is 437. The fourth-order valence-electron chi connectivity index (χ4n) is 3.25. The van der Waals surface area contributed by atoms with E-state index in [9.17, 15) is 8.78 Å². The van der Waals surface area contributed by atoms with E-state index in [-0.39, 0.29) is 6.04 Å². The van der Waals surface area contributed by atoms with Crippen molar-refractivity contribution < 1.29 is 8.78 Å². The molecule has 0 bridgehead atoms. The van der Waals surface area contributed by atoms with Crippen molar-refractivity contribution in [2.24, 2.45) is 11.8 Å². The summed E-state index contributed by atoms with van der Waals surface area (Å²) in [5, 5.41) is 3.49. The first kappa shape index (κ1) is 15.4. The summed E-state index contributed by atoms with van der Waals surface area (Å²) in [4.78, 5) is 0. The number of hydrogen-bond donors (Lipinski definition) is 1. The van der Waals surface area contributed by atoms with Gasteiger partial charge in [0.2, 0.25) is 0 Å². The van der Waals surface area contributed by atoms with Crippen LogP contribution in [0.5, 0.6) is 0 Å². The molecule has 1 atom stereocenters. The lowest BCUT2D eigenvalue weighted by Crippen LogP contribution is -2.36. The molecule has 1 saturated carbocycles. The first-order valence-electron chi connectivity index (χ1n) is 7.68. The third kappa shape index (κ3) is 3.78. The molecule has 0 aliphatic heterocycles. The Balaban J connectivity index is 1.90. The van der Waals surface area contributed by atoms with E-state index in [4.69, 9.17) is 0 Å². The molecule has 0 radical (unpaired) electrons. The van der Waals surface area contributed by atoms with Crippen molar-refractivity contribution >= 4 is 0 Å². The summed E-state index contributed by atoms with van der Waals surface area (Å²) >= 11 is 0. The fraction of sp³-hybridized carbons (Fsp3) is 0.647. The third-order valence-corrected chi connectivity index (χ3v) is 4.63. The van der Waals surface area contributed by atoms with Crippen LogP contribution >= 0.6 is 0 Å². The maximum Gasteiger partial charge on any atom is 0.130 e. The standard InChI is InChI=1S/C17H25F2N/c1-11(2)13-4-7-15(8-5-13)20-12(3)16-9-6-14(18)10-17(16)19/h6,9-13,15,20H,4-5,7-8H2,1-3H3. The van der Waals surface area contributed by atoms with Gasteiger partial charge in [0.1, 0.15) is 11.6 Å². The van der Waals surface area contributed by atoms with Crippen molar-refractivity contribution in [2.45, 2.75) is 58.5 Å². The molecule has 3 heteroatoms. The van der Waals surface area contributed by atoms with Crippen molar-refractivity contribution in [1.29, 1.82) is 0 Å². The normalized spacial score (nSPS) is 24.9. The topological polar surface area (TPSA) is 12.0 Å². The van der Waals surface area contributed by atoms with Gasteiger partial charge >= 0.3 is 0 Å². The summed E-state index contributed by atoms with van der Waals surface area (Å²) in [7, 11) is 0. The summed E-state index contributed by atoms with van der Waals surface area (Å²) < 4.78 is 26.7. The zero-order valence-corrected chi connectivity index (χ0v) is 12.6. The number of nitrogens with one attached hydrogen (secondary N) is 1. The Morgan fingerprint density at radius 3 is 2.25 bits per heavy atom. The maximum atomic E-state index is 13.7. The summed E-state index contributed by atoms with van der Waals surface area (Å²) in [6, 6.07) is 4.21. The van der Waals surface area contributed by atoms with E-state index in [2.05, 4.69) is 19.2 Å². The van der Waals surface area contributed by atoms with Gasteiger partial charge in [0.15, 0.2) is 0 Å². The molecule has 1 aliphatic rings. The predicted molar refractivity (Wildman–Crippen MR) is 78.5 cm³/mol. The van der Waals surface area contributed by atoms with Gasteiger partial charge in [-0.2, -0.15) is 0 Å². The summed E-state index contributed by atoms with van der Waals surface area (Å²) in [6.07, 6.45) is 4.79. The van der Waals surface area contributed by atoms with Crippen LogP contribution in [0.15, 0.2) is 18.2 Å². The number of halogens is 2. The summed E-state index contributed by atoms with van der Waals surface area (Å²) in [6.45, 7) is 6.52. The van der Waals surface area contributed by atoms with E-state index in [0.717, 1.165) is 30.7 Å². The maximum absolute atomic E-state index is 13.7. The molecule has 0 heterocycles. The van der Waals surface area contributed by atoms with Crippen molar-refractivity contribution in [1.82, 2.24) is 5.32 Å². The number of hydrogen-bond acceptors (Lipinski definition) is 1. The smallest absolute Gasteiger partial charge is 0.130 e. The minimum atomic E-state index is -0.518. The van der Waals surface area contributed by atoms with Crippen LogP contribution in [0.25, 0.3) is 0 Å². The molecule has 112 valence electrons. The largest absolute Gasteiger partial charge is 0.307 e. The Hall–Kier alpha value is -0.960. The van der Waals surface area contributed by atoms with Crippen LogP contribution < -0.4 is 5.32 Å². The molecule has 1 fully saturated rings. The molecule has 0 aromatic heterocycles. The van der Waals surface area contributed by atoms with E-state index in [0.29, 0.717) is 11.6 Å². The van der Waals surface area contributed by atoms with E-state index >= 15 is 0 Å². The molecule has 0 spiro atoms. The summed E-state index contributed by atoms with van der Waals surface area (Å²) in [5.41, 5.74) is 0.553. The van der Waals surface area contributed by atoms with E-state index in [1.54, 1.807) is 6.07 Å². The Kier molecular flexibility index (Phi) is 5.14. The Labute approximate surface area is 120 Å². The molecular formula is C17H25F2N. The van der Waals surface area contributed by atoms with Crippen molar-refractivity contribution in [2.75, 3.05) is 0 Å².